The van der Waals surface area contributed by atoms with Crippen molar-refractivity contribution in [2.24, 2.45) is 0 Å². The molecule has 0 aliphatic carbocycles. The molecule has 1 N–H and O–H groups in total. The molecule has 1 atom stereocenters. The highest BCUT2D eigenvalue weighted by molar-refractivity contribution is 7.20. The molecule has 0 aromatic carbocycles. The van der Waals surface area contributed by atoms with Crippen molar-refractivity contribution < 1.29 is 14.6 Å². The van der Waals surface area contributed by atoms with Crippen LogP contribution in [0.15, 0.2) is 11.0 Å². The van der Waals surface area contributed by atoms with Gasteiger partial charge in [0.05, 0.1) is 18.9 Å². The molecule has 20 heavy (non-hydrogen) atoms. The number of carboxylic acid groups (broad SMARTS) is 1. The van der Waals surface area contributed by atoms with Crippen LogP contribution in [0.1, 0.15) is 17.3 Å². The smallest absolute Gasteiger partial charge is 0.343 e. The molecule has 0 saturated carbocycles. The Morgan fingerprint density at radius 2 is 2.40 bits per heavy atom. The zero-order valence-corrected chi connectivity index (χ0v) is 11.5. The number of hydrogen-bond acceptors (Lipinski definition) is 7. The van der Waals surface area contributed by atoms with Gasteiger partial charge in [-0.3, -0.25) is 4.79 Å². The third-order valence-electron chi connectivity index (χ3n) is 2.99. The normalized spacial score (nSPS) is 19.4. The monoisotopic (exact) mass is 296 g/mol. The number of fused-ring (bicyclic) bond motifs is 1. The molecule has 1 fully saturated rings. The number of carbonyl (C=O) groups is 1. The van der Waals surface area contributed by atoms with Gasteiger partial charge in [-0.25, -0.2) is 9.31 Å². The Kier molecular flexibility index (Phi) is 3.14. The van der Waals surface area contributed by atoms with Gasteiger partial charge in [-0.05, 0) is 6.92 Å². The molecule has 1 unspecified atom stereocenters. The van der Waals surface area contributed by atoms with Gasteiger partial charge in [0.2, 0.25) is 10.1 Å². The van der Waals surface area contributed by atoms with Gasteiger partial charge in [-0.1, -0.05) is 11.3 Å². The summed E-state index contributed by atoms with van der Waals surface area (Å²) in [4.78, 5) is 28.6. The lowest BCUT2D eigenvalue weighted by Gasteiger charge is -2.30. The van der Waals surface area contributed by atoms with Crippen molar-refractivity contribution in [3.63, 3.8) is 0 Å². The summed E-state index contributed by atoms with van der Waals surface area (Å²) in [7, 11) is 0. The van der Waals surface area contributed by atoms with E-state index in [9.17, 15) is 9.59 Å². The summed E-state index contributed by atoms with van der Waals surface area (Å²) in [5.41, 5.74) is -1.13. The summed E-state index contributed by atoms with van der Waals surface area (Å²) in [6.45, 7) is 4.00. The van der Waals surface area contributed by atoms with Gasteiger partial charge in [0.25, 0.3) is 5.56 Å². The Hall–Kier alpha value is -2.00. The third kappa shape index (κ3) is 2.25. The van der Waals surface area contributed by atoms with E-state index in [0.29, 0.717) is 29.8 Å². The minimum Gasteiger partial charge on any atom is -0.477 e. The van der Waals surface area contributed by atoms with Gasteiger partial charge in [-0.15, -0.1) is 5.10 Å². The van der Waals surface area contributed by atoms with Crippen LogP contribution >= 0.6 is 11.3 Å². The van der Waals surface area contributed by atoms with Crippen LogP contribution < -0.4 is 10.5 Å². The summed E-state index contributed by atoms with van der Waals surface area (Å²) in [6.07, 6.45) is 1.31. The van der Waals surface area contributed by atoms with Crippen molar-refractivity contribution in [2.45, 2.75) is 13.0 Å². The van der Waals surface area contributed by atoms with E-state index in [0.717, 1.165) is 0 Å². The van der Waals surface area contributed by atoms with Crippen LogP contribution in [0.3, 0.4) is 0 Å². The molecule has 0 spiro atoms. The van der Waals surface area contributed by atoms with Crippen molar-refractivity contribution in [3.05, 3.63) is 22.1 Å². The maximum absolute atomic E-state index is 11.6. The minimum absolute atomic E-state index is 0.110. The molecule has 0 radical (unpaired) electrons. The molecule has 1 saturated heterocycles. The Labute approximate surface area is 117 Å². The van der Waals surface area contributed by atoms with Crippen molar-refractivity contribution in [1.82, 2.24) is 14.6 Å². The van der Waals surface area contributed by atoms with Crippen LogP contribution in [0.5, 0.6) is 0 Å². The number of carboxylic acids is 1. The number of aromatic carboxylic acids is 1. The second-order valence-corrected chi connectivity index (χ2v) is 5.44. The van der Waals surface area contributed by atoms with Gasteiger partial charge in [0.1, 0.15) is 5.56 Å². The summed E-state index contributed by atoms with van der Waals surface area (Å²) in [5, 5.41) is 13.9. The topological polar surface area (TPSA) is 97.0 Å². The molecular formula is C11H12N4O4S. The lowest BCUT2D eigenvalue weighted by atomic mass is 10.3. The average molecular weight is 296 g/mol. The first-order valence-corrected chi connectivity index (χ1v) is 6.86. The molecule has 0 amide bonds. The summed E-state index contributed by atoms with van der Waals surface area (Å²) in [5.74, 6) is -1.30. The first-order valence-electron chi connectivity index (χ1n) is 6.05. The van der Waals surface area contributed by atoms with E-state index in [-0.39, 0.29) is 11.7 Å². The van der Waals surface area contributed by atoms with Crippen molar-refractivity contribution in [3.8, 4) is 0 Å². The molecule has 1 aliphatic heterocycles. The lowest BCUT2D eigenvalue weighted by molar-refractivity contribution is 0.0531. The number of aromatic nitrogens is 3. The second kappa shape index (κ2) is 4.84. The molecule has 0 bridgehead atoms. The van der Waals surface area contributed by atoms with Gasteiger partial charge in [0, 0.05) is 13.1 Å². The van der Waals surface area contributed by atoms with Crippen LogP contribution in [0, 0.1) is 0 Å². The van der Waals surface area contributed by atoms with Crippen LogP contribution in [0.2, 0.25) is 0 Å². The second-order valence-electron chi connectivity index (χ2n) is 4.50. The van der Waals surface area contributed by atoms with E-state index in [1.807, 2.05) is 11.8 Å². The first kappa shape index (κ1) is 13.0. The number of hydrogen-bond donors (Lipinski definition) is 1. The lowest BCUT2D eigenvalue weighted by Crippen LogP contribution is -2.41. The highest BCUT2D eigenvalue weighted by Gasteiger charge is 2.21. The van der Waals surface area contributed by atoms with Crippen LogP contribution in [0.4, 0.5) is 5.13 Å². The van der Waals surface area contributed by atoms with Gasteiger partial charge in [0.15, 0.2) is 0 Å². The Bertz CT molecular complexity index is 725. The zero-order chi connectivity index (χ0) is 14.3. The van der Waals surface area contributed by atoms with E-state index >= 15 is 0 Å². The van der Waals surface area contributed by atoms with Crippen molar-refractivity contribution in [1.29, 1.82) is 0 Å². The highest BCUT2D eigenvalue weighted by Crippen LogP contribution is 2.23. The molecule has 2 aromatic rings. The quantitative estimate of drug-likeness (QED) is 0.837. The largest absolute Gasteiger partial charge is 0.477 e. The van der Waals surface area contributed by atoms with Crippen LogP contribution in [-0.4, -0.2) is 51.5 Å². The van der Waals surface area contributed by atoms with E-state index in [1.165, 1.54) is 22.0 Å². The highest BCUT2D eigenvalue weighted by atomic mass is 32.1. The number of anilines is 1. The van der Waals surface area contributed by atoms with Crippen molar-refractivity contribution in [2.75, 3.05) is 24.6 Å². The average Bonchev–Trinajstić information content (AvgIpc) is 2.80. The molecular weight excluding hydrogens is 284 g/mol. The van der Waals surface area contributed by atoms with E-state index in [4.69, 9.17) is 9.84 Å². The molecule has 8 nitrogen and oxygen atoms in total. The third-order valence-corrected chi connectivity index (χ3v) is 3.98. The Morgan fingerprint density at radius 1 is 1.60 bits per heavy atom. The number of rotatable bonds is 2. The van der Waals surface area contributed by atoms with Gasteiger partial charge < -0.3 is 14.7 Å². The molecule has 3 rings (SSSR count). The van der Waals surface area contributed by atoms with Gasteiger partial charge in [-0.2, -0.15) is 4.98 Å². The Morgan fingerprint density at radius 3 is 3.10 bits per heavy atom. The van der Waals surface area contributed by atoms with E-state index in [1.54, 1.807) is 0 Å². The minimum atomic E-state index is -1.30. The van der Waals surface area contributed by atoms with Gasteiger partial charge >= 0.3 is 5.97 Å². The summed E-state index contributed by atoms with van der Waals surface area (Å²) < 4.78 is 6.80. The molecule has 1 aliphatic rings. The number of nitrogens with zero attached hydrogens (tertiary/aromatic N) is 4. The predicted molar refractivity (Wildman–Crippen MR) is 71.7 cm³/mol. The standard InChI is InChI=1S/C11H12N4O4S/c1-6-4-14(2-3-19-6)11-13-15-5-7(9(17)18)8(16)12-10(15)20-11/h5-6H,2-4H2,1H3,(H,17,18). The maximum atomic E-state index is 11.6. The van der Waals surface area contributed by atoms with Crippen LogP contribution in [0.25, 0.3) is 4.96 Å². The fraction of sp³-hybridized carbons (Fsp3) is 0.455. The fourth-order valence-electron chi connectivity index (χ4n) is 2.03. The summed E-state index contributed by atoms with van der Waals surface area (Å²) in [6, 6.07) is 0. The number of ether oxygens (including phenoxy) is 1. The van der Waals surface area contributed by atoms with E-state index < -0.39 is 11.5 Å². The maximum Gasteiger partial charge on any atom is 0.343 e. The summed E-state index contributed by atoms with van der Waals surface area (Å²) >= 11 is 1.26. The van der Waals surface area contributed by atoms with Crippen LogP contribution in [-0.2, 0) is 4.74 Å². The van der Waals surface area contributed by atoms with Crippen molar-refractivity contribution >= 4 is 27.4 Å². The predicted octanol–water partition coefficient (Wildman–Crippen LogP) is 0.0743. The molecule has 106 valence electrons. The first-order chi connectivity index (χ1) is 9.54. The van der Waals surface area contributed by atoms with E-state index in [2.05, 4.69) is 10.1 Å². The molecule has 2 aromatic heterocycles. The SMILES string of the molecule is CC1CN(c2nn3cc(C(=O)O)c(=O)nc3s2)CCO1. The Balaban J connectivity index is 2.02. The zero-order valence-electron chi connectivity index (χ0n) is 10.6. The fourth-order valence-corrected chi connectivity index (χ4v) is 2.94. The molecule has 3 heterocycles. The number of morpholine rings is 1. The molecule has 9 heteroatoms.